The Morgan fingerprint density at radius 1 is 0.815 bits per heavy atom. The number of nitrogens with one attached hydrogen (secondary N) is 1. The van der Waals surface area contributed by atoms with Crippen molar-refractivity contribution < 1.29 is 4.74 Å². The number of imidazole rings is 1. The second kappa shape index (κ2) is 6.92. The van der Waals surface area contributed by atoms with E-state index in [0.717, 1.165) is 28.2 Å². The Labute approximate surface area is 160 Å². The van der Waals surface area contributed by atoms with Crippen LogP contribution in [0.2, 0.25) is 0 Å². The van der Waals surface area contributed by atoms with Crippen LogP contribution in [0.4, 0.5) is 0 Å². The number of ether oxygens (including phenoxy) is 1. The molecule has 0 saturated heterocycles. The number of nitrogens with zero attached hydrogens (tertiary/aromatic N) is 1. The smallest absolute Gasteiger partial charge is 0.138 e. The molecule has 4 rings (SSSR count). The molecule has 0 amide bonds. The van der Waals surface area contributed by atoms with Gasteiger partial charge in [0.05, 0.1) is 11.0 Å². The van der Waals surface area contributed by atoms with E-state index in [1.807, 2.05) is 30.3 Å². The molecule has 0 aliphatic rings. The molecule has 3 aromatic carbocycles. The minimum Gasteiger partial charge on any atom is -0.489 e. The third-order valence-electron chi connectivity index (χ3n) is 5.11. The lowest BCUT2D eigenvalue weighted by molar-refractivity contribution is 0.305. The van der Waals surface area contributed by atoms with Gasteiger partial charge in [-0.2, -0.15) is 0 Å². The summed E-state index contributed by atoms with van der Waals surface area (Å²) in [7, 11) is 0. The van der Waals surface area contributed by atoms with Gasteiger partial charge in [0.1, 0.15) is 18.2 Å². The van der Waals surface area contributed by atoms with Crippen LogP contribution < -0.4 is 4.74 Å². The Morgan fingerprint density at radius 2 is 1.56 bits per heavy atom. The maximum atomic E-state index is 6.00. The van der Waals surface area contributed by atoms with E-state index in [-0.39, 0.29) is 0 Å². The van der Waals surface area contributed by atoms with Crippen molar-refractivity contribution in [2.45, 2.75) is 34.3 Å². The Balaban J connectivity index is 1.51. The summed E-state index contributed by atoms with van der Waals surface area (Å²) in [5, 5.41) is 0. The molecule has 3 heteroatoms. The molecule has 136 valence electrons. The second-order valence-corrected chi connectivity index (χ2v) is 7.28. The summed E-state index contributed by atoms with van der Waals surface area (Å²) in [6.45, 7) is 9.09. The fraction of sp³-hybridized carbons (Fsp3) is 0.208. The van der Waals surface area contributed by atoms with Crippen molar-refractivity contribution in [1.82, 2.24) is 9.97 Å². The van der Waals surface area contributed by atoms with Crippen molar-refractivity contribution in [1.29, 1.82) is 0 Å². The van der Waals surface area contributed by atoms with Gasteiger partial charge in [0.15, 0.2) is 0 Å². The normalized spacial score (nSPS) is 11.1. The van der Waals surface area contributed by atoms with Crippen LogP contribution in [0.15, 0.2) is 54.6 Å². The first-order valence-electron chi connectivity index (χ1n) is 9.26. The molecule has 0 atom stereocenters. The van der Waals surface area contributed by atoms with E-state index in [4.69, 9.17) is 4.74 Å². The molecule has 0 unspecified atom stereocenters. The average Bonchev–Trinajstić information content (AvgIpc) is 3.07. The number of H-pyrrole nitrogens is 1. The first kappa shape index (κ1) is 17.3. The summed E-state index contributed by atoms with van der Waals surface area (Å²) < 4.78 is 6.00. The lowest BCUT2D eigenvalue weighted by atomic mass is 10.0. The van der Waals surface area contributed by atoms with Crippen LogP contribution in [0, 0.1) is 27.7 Å². The van der Waals surface area contributed by atoms with Gasteiger partial charge in [-0.15, -0.1) is 0 Å². The third-order valence-corrected chi connectivity index (χ3v) is 5.11. The quantitative estimate of drug-likeness (QED) is 0.484. The zero-order valence-corrected chi connectivity index (χ0v) is 16.3. The van der Waals surface area contributed by atoms with Crippen molar-refractivity contribution in [2.75, 3.05) is 0 Å². The number of aromatic nitrogens is 2. The number of hydrogen-bond donors (Lipinski definition) is 1. The molecule has 0 saturated carbocycles. The van der Waals surface area contributed by atoms with E-state index in [1.54, 1.807) is 0 Å². The van der Waals surface area contributed by atoms with Gasteiger partial charge in [0.25, 0.3) is 0 Å². The van der Waals surface area contributed by atoms with E-state index in [2.05, 4.69) is 61.9 Å². The number of hydrogen-bond acceptors (Lipinski definition) is 2. The van der Waals surface area contributed by atoms with Gasteiger partial charge in [-0.25, -0.2) is 4.98 Å². The molecule has 0 aliphatic heterocycles. The second-order valence-electron chi connectivity index (χ2n) is 7.28. The Hall–Kier alpha value is -3.07. The summed E-state index contributed by atoms with van der Waals surface area (Å²) in [4.78, 5) is 8.08. The molecule has 1 heterocycles. The molecule has 0 radical (unpaired) electrons. The number of fused-ring (bicyclic) bond motifs is 1. The summed E-state index contributed by atoms with van der Waals surface area (Å²) in [5.74, 6) is 1.75. The Kier molecular flexibility index (Phi) is 4.44. The Morgan fingerprint density at radius 3 is 2.33 bits per heavy atom. The molecule has 1 N–H and O–H groups in total. The van der Waals surface area contributed by atoms with Crippen LogP contribution in [0.3, 0.4) is 0 Å². The predicted octanol–water partition coefficient (Wildman–Crippen LogP) is 6.04. The monoisotopic (exact) mass is 356 g/mol. The minimum absolute atomic E-state index is 0.580. The largest absolute Gasteiger partial charge is 0.489 e. The van der Waals surface area contributed by atoms with Gasteiger partial charge in [-0.05, 0) is 91.9 Å². The zero-order chi connectivity index (χ0) is 19.0. The van der Waals surface area contributed by atoms with E-state index < -0.39 is 0 Å². The number of aromatic amines is 1. The fourth-order valence-electron chi connectivity index (χ4n) is 3.31. The highest BCUT2D eigenvalue weighted by Gasteiger charge is 2.07. The standard InChI is InChI=1S/C24H24N2O/c1-15-5-10-22-23(11-15)26-24(25-22)19-6-8-21(9-7-19)27-14-20-13-17(3)16(2)12-18(20)4/h5-13H,14H2,1-4H3,(H,25,26). The van der Waals surface area contributed by atoms with Crippen LogP contribution in [0.5, 0.6) is 5.75 Å². The third kappa shape index (κ3) is 3.59. The van der Waals surface area contributed by atoms with Gasteiger partial charge in [0.2, 0.25) is 0 Å². The maximum Gasteiger partial charge on any atom is 0.138 e. The molecular weight excluding hydrogens is 332 g/mol. The van der Waals surface area contributed by atoms with Crippen molar-refractivity contribution in [2.24, 2.45) is 0 Å². The van der Waals surface area contributed by atoms with Crippen LogP contribution in [0.1, 0.15) is 27.8 Å². The van der Waals surface area contributed by atoms with Gasteiger partial charge in [0, 0.05) is 5.56 Å². The van der Waals surface area contributed by atoms with Gasteiger partial charge in [-0.1, -0.05) is 18.2 Å². The predicted molar refractivity (Wildman–Crippen MR) is 111 cm³/mol. The zero-order valence-electron chi connectivity index (χ0n) is 16.3. The minimum atomic E-state index is 0.580. The molecule has 0 aliphatic carbocycles. The highest BCUT2D eigenvalue weighted by molar-refractivity contribution is 5.80. The summed E-state index contributed by atoms with van der Waals surface area (Å²) >= 11 is 0. The first-order valence-corrected chi connectivity index (χ1v) is 9.26. The van der Waals surface area contributed by atoms with Crippen molar-refractivity contribution in [3.8, 4) is 17.1 Å². The van der Waals surface area contributed by atoms with E-state index in [1.165, 1.54) is 27.8 Å². The molecule has 0 fully saturated rings. The average molecular weight is 356 g/mol. The van der Waals surface area contributed by atoms with E-state index >= 15 is 0 Å². The molecule has 4 aromatic rings. The van der Waals surface area contributed by atoms with E-state index in [0.29, 0.717) is 6.61 Å². The van der Waals surface area contributed by atoms with Crippen LogP contribution in [-0.2, 0) is 6.61 Å². The van der Waals surface area contributed by atoms with Crippen molar-refractivity contribution in [3.05, 3.63) is 82.4 Å². The molecule has 3 nitrogen and oxygen atoms in total. The first-order chi connectivity index (χ1) is 13.0. The molecule has 27 heavy (non-hydrogen) atoms. The maximum absolute atomic E-state index is 6.00. The fourth-order valence-corrected chi connectivity index (χ4v) is 3.31. The highest BCUT2D eigenvalue weighted by Crippen LogP contribution is 2.24. The Bertz CT molecular complexity index is 1110. The highest BCUT2D eigenvalue weighted by atomic mass is 16.5. The molecular formula is C24H24N2O. The number of benzene rings is 3. The van der Waals surface area contributed by atoms with Crippen molar-refractivity contribution in [3.63, 3.8) is 0 Å². The summed E-state index contributed by atoms with van der Waals surface area (Å²) in [5.41, 5.74) is 9.46. The number of rotatable bonds is 4. The van der Waals surface area contributed by atoms with Crippen LogP contribution >= 0.6 is 0 Å². The summed E-state index contributed by atoms with van der Waals surface area (Å²) in [6, 6.07) is 18.8. The SMILES string of the molecule is Cc1ccc2nc(-c3ccc(OCc4cc(C)c(C)cc4C)cc3)[nH]c2c1. The van der Waals surface area contributed by atoms with Gasteiger partial charge < -0.3 is 9.72 Å². The summed E-state index contributed by atoms with van der Waals surface area (Å²) in [6.07, 6.45) is 0. The van der Waals surface area contributed by atoms with Gasteiger partial charge >= 0.3 is 0 Å². The van der Waals surface area contributed by atoms with Crippen molar-refractivity contribution >= 4 is 11.0 Å². The lowest BCUT2D eigenvalue weighted by Crippen LogP contribution is -1.99. The topological polar surface area (TPSA) is 37.9 Å². The molecule has 0 bridgehead atoms. The molecule has 0 spiro atoms. The van der Waals surface area contributed by atoms with E-state index in [9.17, 15) is 0 Å². The molecule has 1 aromatic heterocycles. The number of aryl methyl sites for hydroxylation is 4. The van der Waals surface area contributed by atoms with Crippen LogP contribution in [0.25, 0.3) is 22.4 Å². The van der Waals surface area contributed by atoms with Gasteiger partial charge in [-0.3, -0.25) is 0 Å². The van der Waals surface area contributed by atoms with Crippen LogP contribution in [-0.4, -0.2) is 9.97 Å². The lowest BCUT2D eigenvalue weighted by Gasteiger charge is -2.11.